The molecule has 0 saturated carbocycles. The first-order valence-corrected chi connectivity index (χ1v) is 47.8. The molecule has 0 aliphatic carbocycles. The molecule has 712 valence electrons. The normalized spacial score (nSPS) is 10.4. The van der Waals surface area contributed by atoms with Crippen LogP contribution in [-0.4, -0.2) is 153 Å². The van der Waals surface area contributed by atoms with Gasteiger partial charge < -0.3 is 13.2 Å². The Bertz CT molecular complexity index is 8020. The minimum absolute atomic E-state index is 0.644. The van der Waals surface area contributed by atoms with Gasteiger partial charge in [0.2, 0.25) is 5.71 Å². The van der Waals surface area contributed by atoms with Gasteiger partial charge in [-0.25, -0.2) is 79.4 Å². The molecule has 32 aromatic rings. The fourth-order valence-corrected chi connectivity index (χ4v) is 16.3. The molecule has 10 aromatic carbocycles. The maximum atomic E-state index is 4.99. The number of para-hydroxylation sites is 3. The first-order valence-electron chi connectivity index (χ1n) is 45.3. The van der Waals surface area contributed by atoms with Crippen molar-refractivity contribution in [2.45, 2.75) is 0 Å². The molecule has 34 nitrogen and oxygen atoms in total. The van der Waals surface area contributed by atoms with E-state index in [0.717, 1.165) is 136 Å². The summed E-state index contributed by atoms with van der Waals surface area (Å²) in [6.07, 6.45) is 52.7. The zero-order valence-electron chi connectivity index (χ0n) is 77.8. The first kappa shape index (κ1) is 96.3. The van der Waals surface area contributed by atoms with Crippen LogP contribution < -0.4 is 0 Å². The molecule has 0 N–H and O–H groups in total. The van der Waals surface area contributed by atoms with Crippen LogP contribution in [-0.2, 0) is 0 Å². The predicted octanol–water partition coefficient (Wildman–Crippen LogP) is 24.0. The third-order valence-corrected chi connectivity index (χ3v) is 23.6. The Morgan fingerprint density at radius 2 is 0.764 bits per heavy atom. The zero-order chi connectivity index (χ0) is 100.0. The van der Waals surface area contributed by atoms with Crippen LogP contribution in [0.25, 0.3) is 185 Å². The van der Waals surface area contributed by atoms with E-state index in [4.69, 9.17) is 8.83 Å². The molecule has 0 bridgehead atoms. The summed E-state index contributed by atoms with van der Waals surface area (Å²) in [4.78, 5) is 94.0. The average Bonchev–Trinajstić information content (AvgIpc) is 0.991. The van der Waals surface area contributed by atoms with E-state index in [-0.39, 0.29) is 0 Å². The summed E-state index contributed by atoms with van der Waals surface area (Å²) in [5, 5.41) is 33.8. The Balaban J connectivity index is 0.000000101. The molecule has 0 unspecified atom stereocenters. The number of nitrogens with zero attached hydrogens (tertiary/aromatic N) is 31. The molecule has 0 amide bonds. The van der Waals surface area contributed by atoms with Crippen molar-refractivity contribution in [1.29, 1.82) is 0 Å². The van der Waals surface area contributed by atoms with Gasteiger partial charge in [0, 0.05) is 145 Å². The van der Waals surface area contributed by atoms with E-state index in [1.165, 1.54) is 62.1 Å². The number of furan rings is 2. The van der Waals surface area contributed by atoms with Crippen LogP contribution in [0.5, 0.6) is 0 Å². The van der Waals surface area contributed by atoms with Crippen molar-refractivity contribution >= 4 is 219 Å². The molecule has 22 heterocycles. The molecule has 0 aliphatic heterocycles. The highest BCUT2D eigenvalue weighted by Crippen LogP contribution is 2.27. The molecule has 0 spiro atoms. The number of thiophene rings is 2. The van der Waals surface area contributed by atoms with Gasteiger partial charge in [-0.3, -0.25) is 44.3 Å². The van der Waals surface area contributed by atoms with Crippen molar-refractivity contribution in [3.63, 3.8) is 0 Å². The van der Waals surface area contributed by atoms with Crippen LogP contribution in [0.1, 0.15) is 0 Å². The molecule has 148 heavy (non-hydrogen) atoms. The Labute approximate surface area is 850 Å². The lowest BCUT2D eigenvalue weighted by molar-refractivity contribution is 0.315. The Hall–Kier alpha value is -20.6. The number of hydrogen-bond donors (Lipinski definition) is 0. The number of rotatable bonds is 0. The van der Waals surface area contributed by atoms with Gasteiger partial charge in [-0.1, -0.05) is 152 Å². The number of aromatic nitrogens is 31. The number of imidazole rings is 1. The summed E-state index contributed by atoms with van der Waals surface area (Å²) < 4.78 is 27.4. The van der Waals surface area contributed by atoms with E-state index in [1.54, 1.807) is 166 Å². The van der Waals surface area contributed by atoms with E-state index in [9.17, 15) is 0 Å². The quantitative estimate of drug-likeness (QED) is 0.100. The number of hydrogen-bond acceptors (Lipinski definition) is 35. The standard InChI is InChI=1S/4C12H8N2.2C8H6N2.C7H6N2.C6H5N3.2C6H4N2O.2C6H4N2S.C5H3N3O.C5H3N3S/c1-2-4-10-6-12-11(5-9(10)3-1)7-13-8-14-12;1-2-4-10-8-12-11(7-9(10)3-1)13-5-6-14-12;1-2-4-10-9(3-1)5-6-12-11(10)7-13-8-14-12;1-2-4-10-9(3-1)5-6-11-12(10)14-8-7-13-11;1-2-4-8-7(3-1)5-9-6-10-8;1-2-4-8-7(3-1)9-5-6-10-8;1-2-5-9-6-4-8-7(9)3-1;1-2-4-9-5-7-8-6(9)3-1;1-2-9-6-3-7-4-8-5(1)6;1-2-9-6-5(1)3-7-4-8-6;1-2-9-6-3-7-4-8-5(1)6;1-2-9-6-5(1)3-7-4-8-6;2*1-2-6-3-5-4(1)7-9-8-5/h4*1-8H;2*1-6H;1-6H;1-5H;4*1-4H;2*1-3H. The molecule has 0 atom stereocenters. The lowest BCUT2D eigenvalue weighted by atomic mass is 10.1. The largest absolute Gasteiger partial charge is 0.461 e. The number of fused-ring (bicyclic) bond motifs is 20. The van der Waals surface area contributed by atoms with Crippen LogP contribution in [0.4, 0.5) is 0 Å². The SMILES string of the molecule is c1cc2nonc2cn1.c1cc2nsnc2cn1.c1ccc2c(c1)ccc1nccnc12.c1ccc2c(c1)ccc1ncncc12.c1ccc2cc3nccnc3cc2c1.c1ccc2cc3ncncc3cc2c1.c1ccc2nccnc2c1.c1ccc2ncncc2c1.c1ccn2ccnc2c1.c1ccn2cnnc2c1.c1ncc2ccoc2n1.c1ncc2ccsc2n1.c1ncc2occc2n1.c1ncc2sccc2n1. The van der Waals surface area contributed by atoms with Crippen molar-refractivity contribution in [2.75, 3.05) is 0 Å². The van der Waals surface area contributed by atoms with E-state index >= 15 is 0 Å². The fourth-order valence-electron chi connectivity index (χ4n) is 14.4. The highest BCUT2D eigenvalue weighted by atomic mass is 32.1. The Morgan fingerprint density at radius 3 is 1.45 bits per heavy atom. The minimum Gasteiger partial charge on any atom is -0.461 e. The third-order valence-electron chi connectivity index (χ3n) is 21.4. The molecular weight excluding hydrogens is 1910 g/mol. The van der Waals surface area contributed by atoms with Crippen molar-refractivity contribution in [1.82, 2.24) is 153 Å². The second-order valence-electron chi connectivity index (χ2n) is 30.8. The smallest absolute Gasteiger partial charge is 0.228 e. The zero-order valence-corrected chi connectivity index (χ0v) is 80.2. The minimum atomic E-state index is 0.644. The second-order valence-corrected chi connectivity index (χ2v) is 33.2. The van der Waals surface area contributed by atoms with Gasteiger partial charge in [0.05, 0.1) is 108 Å². The van der Waals surface area contributed by atoms with Crippen molar-refractivity contribution in [3.8, 4) is 0 Å². The molecule has 0 fully saturated rings. The number of pyridine rings is 4. The lowest BCUT2D eigenvalue weighted by Crippen LogP contribution is -1.83. The highest BCUT2D eigenvalue weighted by Gasteiger charge is 2.06. The van der Waals surface area contributed by atoms with Crippen molar-refractivity contribution in [3.05, 3.63) is 471 Å². The first-order chi connectivity index (χ1) is 73.4. The Kier molecular flexibility index (Phi) is 32.5. The summed E-state index contributed by atoms with van der Waals surface area (Å²) in [6, 6.07) is 88.2. The van der Waals surface area contributed by atoms with E-state index in [0.29, 0.717) is 11.2 Å². The van der Waals surface area contributed by atoms with Gasteiger partial charge >= 0.3 is 0 Å². The Morgan fingerprint density at radius 1 is 0.243 bits per heavy atom. The fraction of sp³-hybridized carbons (Fsp3) is 0. The molecular formula is C111H77N31O3S3. The van der Waals surface area contributed by atoms with E-state index < -0.39 is 0 Å². The molecule has 0 saturated heterocycles. The summed E-state index contributed by atoms with van der Waals surface area (Å²) >= 11 is 4.51. The lowest BCUT2D eigenvalue weighted by Gasteiger charge is -2.00. The topological polar surface area (TPSA) is 422 Å². The van der Waals surface area contributed by atoms with E-state index in [2.05, 4.69) is 233 Å². The molecule has 32 rings (SSSR count). The van der Waals surface area contributed by atoms with Crippen molar-refractivity contribution in [2.24, 2.45) is 0 Å². The van der Waals surface area contributed by atoms with Gasteiger partial charge in [0.1, 0.15) is 83.2 Å². The highest BCUT2D eigenvalue weighted by molar-refractivity contribution is 7.17. The van der Waals surface area contributed by atoms with Crippen LogP contribution in [0.15, 0.2) is 484 Å². The summed E-state index contributed by atoms with van der Waals surface area (Å²) in [5.74, 6) is 0. The van der Waals surface area contributed by atoms with Crippen LogP contribution in [0.2, 0.25) is 0 Å². The summed E-state index contributed by atoms with van der Waals surface area (Å²) in [7, 11) is 0. The number of benzene rings is 10. The molecule has 37 heteroatoms. The maximum Gasteiger partial charge on any atom is 0.228 e. The van der Waals surface area contributed by atoms with Gasteiger partial charge in [-0.2, -0.15) is 8.75 Å². The van der Waals surface area contributed by atoms with E-state index in [1.807, 2.05) is 239 Å². The monoisotopic (exact) mass is 1990 g/mol. The van der Waals surface area contributed by atoms with Gasteiger partial charge in [0.25, 0.3) is 0 Å². The molecule has 0 radical (unpaired) electrons. The maximum absolute atomic E-state index is 4.99. The van der Waals surface area contributed by atoms with Crippen LogP contribution >= 0.6 is 34.4 Å². The summed E-state index contributed by atoms with van der Waals surface area (Å²) in [5.41, 5.74) is 17.1. The third kappa shape index (κ3) is 26.0. The van der Waals surface area contributed by atoms with Gasteiger partial charge in [-0.05, 0) is 168 Å². The average molecular weight is 1990 g/mol. The van der Waals surface area contributed by atoms with Crippen molar-refractivity contribution < 1.29 is 13.5 Å². The van der Waals surface area contributed by atoms with Crippen LogP contribution in [0, 0.1) is 0 Å². The predicted molar refractivity (Wildman–Crippen MR) is 579 cm³/mol. The second kappa shape index (κ2) is 50.0. The molecule has 0 aliphatic rings. The van der Waals surface area contributed by atoms with Gasteiger partial charge in [-0.15, -0.1) is 32.9 Å². The van der Waals surface area contributed by atoms with Crippen LogP contribution in [0.3, 0.4) is 0 Å². The molecule has 22 aromatic heterocycles. The van der Waals surface area contributed by atoms with Gasteiger partial charge in [0.15, 0.2) is 16.7 Å². The summed E-state index contributed by atoms with van der Waals surface area (Å²) in [6.45, 7) is 0.